The Bertz CT molecular complexity index is 939. The number of carbonyl (C=O) groups excluding carboxylic acids is 1. The molecule has 0 aromatic carbocycles. The fourth-order valence-corrected chi connectivity index (χ4v) is 4.50. The first-order chi connectivity index (χ1) is 14.1. The third-order valence-corrected chi connectivity index (χ3v) is 6.11. The molecule has 29 heavy (non-hydrogen) atoms. The molecular formula is C20H25N5O4. The van der Waals surface area contributed by atoms with E-state index >= 15 is 0 Å². The number of anilines is 1. The Morgan fingerprint density at radius 3 is 2.72 bits per heavy atom. The van der Waals surface area contributed by atoms with Crippen molar-refractivity contribution >= 4 is 11.9 Å². The molecule has 0 saturated carbocycles. The highest BCUT2D eigenvalue weighted by atomic mass is 16.5. The van der Waals surface area contributed by atoms with Crippen LogP contribution in [0.2, 0.25) is 0 Å². The second-order valence-corrected chi connectivity index (χ2v) is 8.11. The number of ether oxygens (including phenoxy) is 2. The van der Waals surface area contributed by atoms with Gasteiger partial charge in [-0.15, -0.1) is 0 Å². The third-order valence-electron chi connectivity index (χ3n) is 6.11. The van der Waals surface area contributed by atoms with E-state index in [4.69, 9.17) is 24.0 Å². The summed E-state index contributed by atoms with van der Waals surface area (Å²) in [6.07, 6.45) is 0.807. The highest BCUT2D eigenvalue weighted by molar-refractivity contribution is 5.92. The minimum absolute atomic E-state index is 0.106. The van der Waals surface area contributed by atoms with Crippen LogP contribution >= 0.6 is 0 Å². The SMILES string of the molecule is Cc1cc(C(=O)N2CC[C@@]3(COCc4c(C)nc(N5CCOCC5)nc43)C2)no1. The van der Waals surface area contributed by atoms with Gasteiger partial charge in [0.1, 0.15) is 5.76 Å². The molecule has 0 unspecified atom stereocenters. The Labute approximate surface area is 169 Å². The number of carbonyl (C=O) groups is 1. The molecule has 2 saturated heterocycles. The minimum Gasteiger partial charge on any atom is -0.378 e. The summed E-state index contributed by atoms with van der Waals surface area (Å²) in [7, 11) is 0. The van der Waals surface area contributed by atoms with Crippen LogP contribution in [0.3, 0.4) is 0 Å². The van der Waals surface area contributed by atoms with E-state index in [0.717, 1.165) is 42.4 Å². The van der Waals surface area contributed by atoms with E-state index < -0.39 is 0 Å². The zero-order chi connectivity index (χ0) is 20.0. The summed E-state index contributed by atoms with van der Waals surface area (Å²) in [5, 5.41) is 3.89. The minimum atomic E-state index is -0.309. The van der Waals surface area contributed by atoms with Gasteiger partial charge < -0.3 is 23.8 Å². The molecule has 2 aromatic rings. The average molecular weight is 399 g/mol. The number of hydrogen-bond acceptors (Lipinski definition) is 8. The van der Waals surface area contributed by atoms with Gasteiger partial charge in [-0.2, -0.15) is 0 Å². The lowest BCUT2D eigenvalue weighted by Gasteiger charge is -2.36. The predicted octanol–water partition coefficient (Wildman–Crippen LogP) is 1.23. The number of aryl methyl sites for hydroxylation is 2. The highest BCUT2D eigenvalue weighted by Gasteiger charge is 2.47. The maximum Gasteiger partial charge on any atom is 0.276 e. The van der Waals surface area contributed by atoms with Gasteiger partial charge in [-0.25, -0.2) is 9.97 Å². The van der Waals surface area contributed by atoms with Crippen LogP contribution in [0.25, 0.3) is 0 Å². The lowest BCUT2D eigenvalue weighted by Crippen LogP contribution is -2.43. The van der Waals surface area contributed by atoms with Crippen molar-refractivity contribution in [3.8, 4) is 0 Å². The fourth-order valence-electron chi connectivity index (χ4n) is 4.50. The molecule has 5 rings (SSSR count). The molecule has 0 bridgehead atoms. The van der Waals surface area contributed by atoms with Crippen molar-refractivity contribution in [3.05, 3.63) is 34.5 Å². The van der Waals surface area contributed by atoms with Crippen molar-refractivity contribution < 1.29 is 18.8 Å². The maximum atomic E-state index is 12.9. The van der Waals surface area contributed by atoms with Gasteiger partial charge in [0, 0.05) is 43.5 Å². The van der Waals surface area contributed by atoms with Crippen LogP contribution in [-0.2, 0) is 21.5 Å². The zero-order valence-electron chi connectivity index (χ0n) is 16.8. The first-order valence-electron chi connectivity index (χ1n) is 10.1. The standard InChI is InChI=1S/C20H25N5O4/c1-13-9-16(23-29-13)18(26)25-4-3-20(11-25)12-28-10-15-14(2)21-19(22-17(15)20)24-5-7-27-8-6-24/h9H,3-8,10-12H2,1-2H3/t20-/m0/s1. The highest BCUT2D eigenvalue weighted by Crippen LogP contribution is 2.40. The van der Waals surface area contributed by atoms with Crippen molar-refractivity contribution in [1.82, 2.24) is 20.0 Å². The second kappa shape index (κ2) is 7.07. The smallest absolute Gasteiger partial charge is 0.276 e. The summed E-state index contributed by atoms with van der Waals surface area (Å²) in [6.45, 7) is 9.03. The van der Waals surface area contributed by atoms with E-state index in [-0.39, 0.29) is 11.3 Å². The average Bonchev–Trinajstić information content (AvgIpc) is 3.36. The topological polar surface area (TPSA) is 93.8 Å². The molecule has 3 aliphatic rings. The number of amides is 1. The Balaban J connectivity index is 1.46. The maximum absolute atomic E-state index is 12.9. The number of nitrogens with zero attached hydrogens (tertiary/aromatic N) is 5. The number of fused-ring (bicyclic) bond motifs is 2. The summed E-state index contributed by atoms with van der Waals surface area (Å²) < 4.78 is 16.5. The van der Waals surface area contributed by atoms with E-state index in [0.29, 0.717) is 51.0 Å². The second-order valence-electron chi connectivity index (χ2n) is 8.11. The van der Waals surface area contributed by atoms with E-state index in [1.165, 1.54) is 0 Å². The normalized spacial score (nSPS) is 24.2. The molecule has 2 aromatic heterocycles. The summed E-state index contributed by atoms with van der Waals surface area (Å²) in [5.74, 6) is 1.28. The fraction of sp³-hybridized carbons (Fsp3) is 0.600. The number of morpholine rings is 1. The van der Waals surface area contributed by atoms with Gasteiger partial charge in [0.05, 0.1) is 37.5 Å². The molecule has 0 aliphatic carbocycles. The van der Waals surface area contributed by atoms with Gasteiger partial charge in [0.2, 0.25) is 5.95 Å². The van der Waals surface area contributed by atoms with Crippen molar-refractivity contribution in [3.63, 3.8) is 0 Å². The molecule has 2 fully saturated rings. The molecule has 154 valence electrons. The third kappa shape index (κ3) is 3.18. The molecule has 1 amide bonds. The first-order valence-corrected chi connectivity index (χ1v) is 10.1. The monoisotopic (exact) mass is 399 g/mol. The van der Waals surface area contributed by atoms with Crippen molar-refractivity contribution in [1.29, 1.82) is 0 Å². The molecule has 9 heteroatoms. The lowest BCUT2D eigenvalue weighted by molar-refractivity contribution is 0.0478. The summed E-state index contributed by atoms with van der Waals surface area (Å²) >= 11 is 0. The van der Waals surface area contributed by atoms with Gasteiger partial charge >= 0.3 is 0 Å². The van der Waals surface area contributed by atoms with Crippen LogP contribution in [-0.4, -0.2) is 71.9 Å². The van der Waals surface area contributed by atoms with Crippen molar-refractivity contribution in [2.24, 2.45) is 0 Å². The van der Waals surface area contributed by atoms with Crippen LogP contribution in [0.1, 0.15) is 39.6 Å². The summed E-state index contributed by atoms with van der Waals surface area (Å²) in [5.41, 5.74) is 3.08. The number of hydrogen-bond donors (Lipinski definition) is 0. The molecule has 0 radical (unpaired) electrons. The van der Waals surface area contributed by atoms with Crippen LogP contribution in [0.4, 0.5) is 5.95 Å². The summed E-state index contributed by atoms with van der Waals surface area (Å²) in [4.78, 5) is 26.7. The molecule has 1 atom stereocenters. The Morgan fingerprint density at radius 1 is 1.14 bits per heavy atom. The van der Waals surface area contributed by atoms with Crippen molar-refractivity contribution in [2.45, 2.75) is 32.3 Å². The lowest BCUT2D eigenvalue weighted by atomic mass is 9.80. The summed E-state index contributed by atoms with van der Waals surface area (Å²) in [6, 6.07) is 1.68. The quantitative estimate of drug-likeness (QED) is 0.744. The zero-order valence-corrected chi connectivity index (χ0v) is 16.8. The van der Waals surface area contributed by atoms with Crippen LogP contribution in [0.15, 0.2) is 10.6 Å². The van der Waals surface area contributed by atoms with Gasteiger partial charge in [-0.05, 0) is 20.3 Å². The molecule has 1 spiro atoms. The van der Waals surface area contributed by atoms with Gasteiger partial charge in [0.25, 0.3) is 5.91 Å². The first kappa shape index (κ1) is 18.5. The molecule has 0 N–H and O–H groups in total. The van der Waals surface area contributed by atoms with Crippen LogP contribution < -0.4 is 4.90 Å². The predicted molar refractivity (Wildman–Crippen MR) is 103 cm³/mol. The van der Waals surface area contributed by atoms with E-state index in [1.807, 2.05) is 11.8 Å². The van der Waals surface area contributed by atoms with Crippen LogP contribution in [0.5, 0.6) is 0 Å². The number of aromatic nitrogens is 3. The molecule has 3 aliphatic heterocycles. The Hall–Kier alpha value is -2.52. The Kier molecular flexibility index (Phi) is 4.51. The van der Waals surface area contributed by atoms with Crippen molar-refractivity contribution in [2.75, 3.05) is 50.9 Å². The van der Waals surface area contributed by atoms with Gasteiger partial charge in [-0.1, -0.05) is 5.16 Å². The molecule has 9 nitrogen and oxygen atoms in total. The molecule has 5 heterocycles. The van der Waals surface area contributed by atoms with E-state index in [2.05, 4.69) is 10.1 Å². The van der Waals surface area contributed by atoms with E-state index in [1.54, 1.807) is 13.0 Å². The number of rotatable bonds is 2. The van der Waals surface area contributed by atoms with Crippen LogP contribution in [0, 0.1) is 13.8 Å². The largest absolute Gasteiger partial charge is 0.378 e. The van der Waals surface area contributed by atoms with Gasteiger partial charge in [-0.3, -0.25) is 4.79 Å². The number of likely N-dealkylation sites (tertiary alicyclic amines) is 1. The van der Waals surface area contributed by atoms with E-state index in [9.17, 15) is 4.79 Å². The Morgan fingerprint density at radius 2 is 1.97 bits per heavy atom. The van der Waals surface area contributed by atoms with Gasteiger partial charge in [0.15, 0.2) is 5.69 Å². The molecular weight excluding hydrogens is 374 g/mol.